The summed E-state index contributed by atoms with van der Waals surface area (Å²) in [4.78, 5) is 32.2. The predicted molar refractivity (Wildman–Crippen MR) is 92.2 cm³/mol. The molecular weight excluding hydrogens is 339 g/mol. The van der Waals surface area contributed by atoms with Crippen molar-refractivity contribution >= 4 is 36.6 Å². The van der Waals surface area contributed by atoms with E-state index in [0.717, 1.165) is 32.5 Å². The normalized spacial score (nSPS) is 21.2. The lowest BCUT2D eigenvalue weighted by atomic mass is 10.0. The standard InChI is InChI=1S/C15H20N4O2.2ClH/c20-14-10-17-7-9-19(14)13-2-1-8-18(11-13)15(21)12-3-5-16-6-4-12;;/h3-6,13,17H,1-2,7-11H2;2*1H. The molecular formula is C15H22Cl2N4O2. The number of carbonyl (C=O) groups excluding carboxylic acids is 2. The van der Waals surface area contributed by atoms with Gasteiger partial charge in [-0.15, -0.1) is 24.8 Å². The van der Waals surface area contributed by atoms with Crippen LogP contribution in [0.3, 0.4) is 0 Å². The zero-order valence-corrected chi connectivity index (χ0v) is 14.4. The average Bonchev–Trinajstić information content (AvgIpc) is 2.55. The van der Waals surface area contributed by atoms with E-state index in [-0.39, 0.29) is 42.7 Å². The van der Waals surface area contributed by atoms with Crippen LogP contribution >= 0.6 is 24.8 Å². The fraction of sp³-hybridized carbons (Fsp3) is 0.533. The first-order chi connectivity index (χ1) is 10.3. The molecule has 0 spiro atoms. The summed E-state index contributed by atoms with van der Waals surface area (Å²) in [6, 6.07) is 3.63. The molecule has 6 nitrogen and oxygen atoms in total. The second-order valence-electron chi connectivity index (χ2n) is 5.55. The van der Waals surface area contributed by atoms with Crippen LogP contribution in [-0.4, -0.2) is 65.4 Å². The van der Waals surface area contributed by atoms with Gasteiger partial charge in [-0.1, -0.05) is 0 Å². The minimum absolute atomic E-state index is 0. The number of halogens is 2. The van der Waals surface area contributed by atoms with Crippen molar-refractivity contribution in [2.75, 3.05) is 32.7 Å². The van der Waals surface area contributed by atoms with E-state index >= 15 is 0 Å². The number of likely N-dealkylation sites (tertiary alicyclic amines) is 1. The van der Waals surface area contributed by atoms with Crippen LogP contribution in [0.2, 0.25) is 0 Å². The van der Waals surface area contributed by atoms with Gasteiger partial charge in [-0.05, 0) is 25.0 Å². The largest absolute Gasteiger partial charge is 0.337 e. The smallest absolute Gasteiger partial charge is 0.254 e. The van der Waals surface area contributed by atoms with Gasteiger partial charge in [-0.3, -0.25) is 14.6 Å². The van der Waals surface area contributed by atoms with Gasteiger partial charge >= 0.3 is 0 Å². The summed E-state index contributed by atoms with van der Waals surface area (Å²) in [7, 11) is 0. The van der Waals surface area contributed by atoms with Crippen LogP contribution in [0.25, 0.3) is 0 Å². The Bertz CT molecular complexity index is 529. The van der Waals surface area contributed by atoms with Crippen LogP contribution in [0.5, 0.6) is 0 Å². The Morgan fingerprint density at radius 2 is 1.96 bits per heavy atom. The molecule has 3 heterocycles. The summed E-state index contributed by atoms with van der Waals surface area (Å²) >= 11 is 0. The lowest BCUT2D eigenvalue weighted by molar-refractivity contribution is -0.135. The van der Waals surface area contributed by atoms with Crippen molar-refractivity contribution in [2.45, 2.75) is 18.9 Å². The van der Waals surface area contributed by atoms with Crippen LogP contribution in [0.4, 0.5) is 0 Å². The maximum Gasteiger partial charge on any atom is 0.254 e. The van der Waals surface area contributed by atoms with E-state index in [4.69, 9.17) is 0 Å². The molecule has 2 amide bonds. The topological polar surface area (TPSA) is 65.5 Å². The molecule has 1 atom stereocenters. The summed E-state index contributed by atoms with van der Waals surface area (Å²) in [5.41, 5.74) is 0.664. The average molecular weight is 361 g/mol. The third-order valence-corrected chi connectivity index (χ3v) is 4.18. The number of hydrogen-bond donors (Lipinski definition) is 1. The first kappa shape index (κ1) is 19.7. The molecule has 1 N–H and O–H groups in total. The lowest BCUT2D eigenvalue weighted by Crippen LogP contribution is -2.57. The molecule has 0 aromatic carbocycles. The van der Waals surface area contributed by atoms with Crippen molar-refractivity contribution in [2.24, 2.45) is 0 Å². The van der Waals surface area contributed by atoms with E-state index in [0.29, 0.717) is 18.7 Å². The van der Waals surface area contributed by atoms with Crippen LogP contribution in [0.15, 0.2) is 24.5 Å². The molecule has 23 heavy (non-hydrogen) atoms. The molecule has 3 rings (SSSR count). The van der Waals surface area contributed by atoms with Crippen molar-refractivity contribution in [1.29, 1.82) is 0 Å². The van der Waals surface area contributed by atoms with Gasteiger partial charge in [0.05, 0.1) is 6.54 Å². The lowest BCUT2D eigenvalue weighted by Gasteiger charge is -2.41. The molecule has 2 aliphatic rings. The second-order valence-corrected chi connectivity index (χ2v) is 5.55. The van der Waals surface area contributed by atoms with Crippen LogP contribution in [0, 0.1) is 0 Å². The van der Waals surface area contributed by atoms with Crippen molar-refractivity contribution in [3.05, 3.63) is 30.1 Å². The van der Waals surface area contributed by atoms with E-state index in [1.165, 1.54) is 0 Å². The van der Waals surface area contributed by atoms with Gasteiger partial charge in [0.25, 0.3) is 5.91 Å². The van der Waals surface area contributed by atoms with E-state index in [1.807, 2.05) is 9.80 Å². The van der Waals surface area contributed by atoms with Crippen LogP contribution < -0.4 is 5.32 Å². The number of aromatic nitrogens is 1. The van der Waals surface area contributed by atoms with E-state index in [1.54, 1.807) is 24.5 Å². The number of piperidine rings is 1. The number of carbonyl (C=O) groups is 2. The minimum atomic E-state index is 0. The molecule has 1 unspecified atom stereocenters. The summed E-state index contributed by atoms with van der Waals surface area (Å²) in [5.74, 6) is 0.175. The third kappa shape index (κ3) is 4.56. The van der Waals surface area contributed by atoms with E-state index in [9.17, 15) is 9.59 Å². The highest BCUT2D eigenvalue weighted by Crippen LogP contribution is 2.18. The maximum atomic E-state index is 12.5. The van der Waals surface area contributed by atoms with Gasteiger partial charge in [-0.2, -0.15) is 0 Å². The Labute approximate surface area is 148 Å². The Morgan fingerprint density at radius 3 is 2.65 bits per heavy atom. The first-order valence-electron chi connectivity index (χ1n) is 7.45. The summed E-state index contributed by atoms with van der Waals surface area (Å²) in [6.07, 6.45) is 5.19. The van der Waals surface area contributed by atoms with Crippen molar-refractivity contribution in [3.8, 4) is 0 Å². The Morgan fingerprint density at radius 1 is 1.22 bits per heavy atom. The van der Waals surface area contributed by atoms with Gasteiger partial charge in [0.2, 0.25) is 5.91 Å². The fourth-order valence-electron chi connectivity index (χ4n) is 3.08. The molecule has 2 fully saturated rings. The molecule has 1 aromatic heterocycles. The van der Waals surface area contributed by atoms with Gasteiger partial charge in [0.1, 0.15) is 0 Å². The molecule has 0 bridgehead atoms. The van der Waals surface area contributed by atoms with Crippen LogP contribution in [-0.2, 0) is 4.79 Å². The number of nitrogens with one attached hydrogen (secondary N) is 1. The number of piperazine rings is 1. The molecule has 0 saturated carbocycles. The molecule has 2 aliphatic heterocycles. The number of pyridine rings is 1. The van der Waals surface area contributed by atoms with E-state index in [2.05, 4.69) is 10.3 Å². The highest BCUT2D eigenvalue weighted by molar-refractivity contribution is 5.94. The fourth-order valence-corrected chi connectivity index (χ4v) is 3.08. The molecule has 128 valence electrons. The minimum Gasteiger partial charge on any atom is -0.337 e. The van der Waals surface area contributed by atoms with Crippen molar-refractivity contribution < 1.29 is 9.59 Å². The highest BCUT2D eigenvalue weighted by atomic mass is 35.5. The van der Waals surface area contributed by atoms with Gasteiger partial charge in [-0.25, -0.2) is 0 Å². The van der Waals surface area contributed by atoms with Crippen molar-refractivity contribution in [3.63, 3.8) is 0 Å². The molecule has 8 heteroatoms. The van der Waals surface area contributed by atoms with Crippen LogP contribution in [0.1, 0.15) is 23.2 Å². The zero-order chi connectivity index (χ0) is 14.7. The molecule has 2 saturated heterocycles. The van der Waals surface area contributed by atoms with Gasteiger partial charge in [0, 0.05) is 50.2 Å². The third-order valence-electron chi connectivity index (χ3n) is 4.18. The molecule has 1 aromatic rings. The number of amides is 2. The summed E-state index contributed by atoms with van der Waals surface area (Å²) in [6.45, 7) is 3.38. The van der Waals surface area contributed by atoms with Crippen molar-refractivity contribution in [1.82, 2.24) is 20.1 Å². The van der Waals surface area contributed by atoms with Gasteiger partial charge in [0.15, 0.2) is 0 Å². The quantitative estimate of drug-likeness (QED) is 0.852. The summed E-state index contributed by atoms with van der Waals surface area (Å²) < 4.78 is 0. The Hall–Kier alpha value is -1.37. The van der Waals surface area contributed by atoms with E-state index < -0.39 is 0 Å². The summed E-state index contributed by atoms with van der Waals surface area (Å²) in [5, 5.41) is 3.08. The number of hydrogen-bond acceptors (Lipinski definition) is 4. The molecule has 0 aliphatic carbocycles. The molecule has 0 radical (unpaired) electrons. The Kier molecular flexibility index (Phi) is 7.75. The van der Waals surface area contributed by atoms with Gasteiger partial charge < -0.3 is 15.1 Å². The monoisotopic (exact) mass is 360 g/mol. The second kappa shape index (κ2) is 9.05. The number of rotatable bonds is 2. The SMILES string of the molecule is Cl.Cl.O=C(c1ccncc1)N1CCCC(N2CCNCC2=O)C1. The Balaban J connectivity index is 0.00000132. The zero-order valence-electron chi connectivity index (χ0n) is 12.8. The maximum absolute atomic E-state index is 12.5. The predicted octanol–water partition coefficient (Wildman–Crippen LogP) is 0.962. The highest BCUT2D eigenvalue weighted by Gasteiger charge is 2.31. The first-order valence-corrected chi connectivity index (χ1v) is 7.45. The number of nitrogens with zero attached hydrogens (tertiary/aromatic N) is 3.